The first kappa shape index (κ1) is 20.5. The van der Waals surface area contributed by atoms with Gasteiger partial charge in [0.15, 0.2) is 0 Å². The molecule has 2 aromatic rings. The van der Waals surface area contributed by atoms with Crippen molar-refractivity contribution in [3.63, 3.8) is 0 Å². The molecule has 148 valence electrons. The Morgan fingerprint density at radius 2 is 1.89 bits per heavy atom. The Balaban J connectivity index is 1.78. The standard InChI is InChI=1S/C21H23Cl2N3O2/c1-13(2)24-21(28)15-6-3-10-18-14(15)7-5-11-26(18)12-19(27)25-17-9-4-8-16(22)20(17)23/h3-4,6,8-10,13H,5,7,11-12H2,1-2H3,(H,24,28)(H,25,27). The summed E-state index contributed by atoms with van der Waals surface area (Å²) in [6, 6.07) is 10.8. The topological polar surface area (TPSA) is 61.4 Å². The average Bonchev–Trinajstić information content (AvgIpc) is 2.64. The van der Waals surface area contributed by atoms with Crippen LogP contribution in [0.15, 0.2) is 36.4 Å². The van der Waals surface area contributed by atoms with Gasteiger partial charge >= 0.3 is 0 Å². The van der Waals surface area contributed by atoms with E-state index in [1.165, 1.54) is 0 Å². The minimum absolute atomic E-state index is 0.0660. The molecule has 5 nitrogen and oxygen atoms in total. The SMILES string of the molecule is CC(C)NC(=O)c1cccc2c1CCCN2CC(=O)Nc1cccc(Cl)c1Cl. The van der Waals surface area contributed by atoms with E-state index in [0.717, 1.165) is 30.6 Å². The van der Waals surface area contributed by atoms with Gasteiger partial charge in [-0.25, -0.2) is 0 Å². The van der Waals surface area contributed by atoms with Crippen LogP contribution >= 0.6 is 23.2 Å². The molecule has 1 aliphatic heterocycles. The Kier molecular flexibility index (Phi) is 6.47. The highest BCUT2D eigenvalue weighted by molar-refractivity contribution is 6.44. The third-order valence-electron chi connectivity index (χ3n) is 4.57. The smallest absolute Gasteiger partial charge is 0.251 e. The number of amides is 2. The number of rotatable bonds is 5. The third kappa shape index (κ3) is 4.59. The van der Waals surface area contributed by atoms with E-state index in [4.69, 9.17) is 23.2 Å². The largest absolute Gasteiger partial charge is 0.362 e. The number of nitrogens with zero attached hydrogens (tertiary/aromatic N) is 1. The second-order valence-electron chi connectivity index (χ2n) is 7.11. The minimum atomic E-state index is -0.186. The fraction of sp³-hybridized carbons (Fsp3) is 0.333. The van der Waals surface area contributed by atoms with Crippen LogP contribution < -0.4 is 15.5 Å². The molecule has 0 aliphatic carbocycles. The third-order valence-corrected chi connectivity index (χ3v) is 5.39. The summed E-state index contributed by atoms with van der Waals surface area (Å²) in [5.74, 6) is -0.266. The van der Waals surface area contributed by atoms with E-state index in [9.17, 15) is 9.59 Å². The fourth-order valence-corrected chi connectivity index (χ4v) is 3.73. The van der Waals surface area contributed by atoms with Crippen LogP contribution in [0.3, 0.4) is 0 Å². The normalized spacial score (nSPS) is 13.2. The highest BCUT2D eigenvalue weighted by atomic mass is 35.5. The number of halogens is 2. The number of anilines is 2. The number of carbonyl (C=O) groups excluding carboxylic acids is 2. The highest BCUT2D eigenvalue weighted by Gasteiger charge is 2.24. The molecule has 0 unspecified atom stereocenters. The lowest BCUT2D eigenvalue weighted by Gasteiger charge is -2.32. The molecule has 0 aromatic heterocycles. The van der Waals surface area contributed by atoms with Crippen LogP contribution in [0.2, 0.25) is 10.0 Å². The summed E-state index contributed by atoms with van der Waals surface area (Å²) >= 11 is 12.2. The second kappa shape index (κ2) is 8.84. The van der Waals surface area contributed by atoms with E-state index in [1.807, 2.05) is 36.9 Å². The molecule has 0 atom stereocenters. The van der Waals surface area contributed by atoms with Crippen LogP contribution in [0.4, 0.5) is 11.4 Å². The molecule has 7 heteroatoms. The molecule has 0 fully saturated rings. The maximum absolute atomic E-state index is 12.6. The van der Waals surface area contributed by atoms with Gasteiger partial charge in [0.2, 0.25) is 5.91 Å². The van der Waals surface area contributed by atoms with Crippen LogP contribution in [0.25, 0.3) is 0 Å². The van der Waals surface area contributed by atoms with Gasteiger partial charge in [0.25, 0.3) is 5.91 Å². The molecular weight excluding hydrogens is 397 g/mol. The summed E-state index contributed by atoms with van der Waals surface area (Å²) < 4.78 is 0. The average molecular weight is 420 g/mol. The zero-order valence-corrected chi connectivity index (χ0v) is 17.4. The Bertz CT molecular complexity index is 899. The molecule has 0 spiro atoms. The maximum atomic E-state index is 12.6. The number of hydrogen-bond acceptors (Lipinski definition) is 3. The summed E-state index contributed by atoms with van der Waals surface area (Å²) in [5, 5.41) is 6.48. The number of hydrogen-bond donors (Lipinski definition) is 2. The van der Waals surface area contributed by atoms with Gasteiger partial charge in [-0.1, -0.05) is 35.3 Å². The first-order valence-corrected chi connectivity index (χ1v) is 10.0. The van der Waals surface area contributed by atoms with E-state index in [2.05, 4.69) is 10.6 Å². The molecule has 1 aliphatic rings. The molecule has 0 saturated heterocycles. The van der Waals surface area contributed by atoms with E-state index < -0.39 is 0 Å². The minimum Gasteiger partial charge on any atom is -0.362 e. The zero-order chi connectivity index (χ0) is 20.3. The first-order valence-electron chi connectivity index (χ1n) is 9.28. The lowest BCUT2D eigenvalue weighted by atomic mass is 9.95. The van der Waals surface area contributed by atoms with Crippen molar-refractivity contribution in [2.24, 2.45) is 0 Å². The van der Waals surface area contributed by atoms with Gasteiger partial charge < -0.3 is 15.5 Å². The van der Waals surface area contributed by atoms with Gasteiger partial charge in [0, 0.05) is 23.8 Å². The van der Waals surface area contributed by atoms with Crippen molar-refractivity contribution in [3.05, 3.63) is 57.6 Å². The van der Waals surface area contributed by atoms with E-state index in [1.54, 1.807) is 18.2 Å². The van der Waals surface area contributed by atoms with Crippen molar-refractivity contribution < 1.29 is 9.59 Å². The molecule has 2 N–H and O–H groups in total. The van der Waals surface area contributed by atoms with Crippen molar-refractivity contribution in [1.82, 2.24) is 5.32 Å². The summed E-state index contributed by atoms with van der Waals surface area (Å²) in [4.78, 5) is 27.1. The van der Waals surface area contributed by atoms with Crippen LogP contribution in [0.5, 0.6) is 0 Å². The Morgan fingerprint density at radius 3 is 2.64 bits per heavy atom. The van der Waals surface area contributed by atoms with Gasteiger partial charge in [0.05, 0.1) is 22.3 Å². The van der Waals surface area contributed by atoms with E-state index >= 15 is 0 Å². The molecule has 2 aromatic carbocycles. The lowest BCUT2D eigenvalue weighted by molar-refractivity contribution is -0.115. The number of fused-ring (bicyclic) bond motifs is 1. The molecule has 0 radical (unpaired) electrons. The quantitative estimate of drug-likeness (QED) is 0.748. The molecule has 0 saturated carbocycles. The monoisotopic (exact) mass is 419 g/mol. The van der Waals surface area contributed by atoms with Crippen molar-refractivity contribution in [1.29, 1.82) is 0 Å². The molecular formula is C21H23Cl2N3O2. The van der Waals surface area contributed by atoms with Crippen molar-refractivity contribution in [3.8, 4) is 0 Å². The van der Waals surface area contributed by atoms with E-state index in [0.29, 0.717) is 21.3 Å². The predicted molar refractivity (Wildman–Crippen MR) is 115 cm³/mol. The molecule has 0 bridgehead atoms. The van der Waals surface area contributed by atoms with Crippen LogP contribution in [0, 0.1) is 0 Å². The first-order chi connectivity index (χ1) is 13.4. The summed E-state index contributed by atoms with van der Waals surface area (Å²) in [5.41, 5.74) is 3.08. The van der Waals surface area contributed by atoms with Gasteiger partial charge in [-0.05, 0) is 56.5 Å². The van der Waals surface area contributed by atoms with Crippen LogP contribution in [-0.4, -0.2) is 30.9 Å². The molecule has 28 heavy (non-hydrogen) atoms. The Hall–Kier alpha value is -2.24. The Morgan fingerprint density at radius 1 is 1.14 bits per heavy atom. The summed E-state index contributed by atoms with van der Waals surface area (Å²) in [6.07, 6.45) is 1.69. The van der Waals surface area contributed by atoms with Crippen molar-refractivity contribution >= 4 is 46.4 Å². The molecule has 3 rings (SSSR count). The highest BCUT2D eigenvalue weighted by Crippen LogP contribution is 2.31. The zero-order valence-electron chi connectivity index (χ0n) is 15.9. The molecule has 1 heterocycles. The van der Waals surface area contributed by atoms with Gasteiger partial charge in [-0.2, -0.15) is 0 Å². The van der Waals surface area contributed by atoms with Gasteiger partial charge in [-0.15, -0.1) is 0 Å². The predicted octanol–water partition coefficient (Wildman–Crippen LogP) is 4.52. The van der Waals surface area contributed by atoms with E-state index in [-0.39, 0.29) is 24.4 Å². The number of benzene rings is 2. The van der Waals surface area contributed by atoms with Crippen LogP contribution in [-0.2, 0) is 11.2 Å². The molecule has 2 amide bonds. The summed E-state index contributed by atoms with van der Waals surface area (Å²) in [6.45, 7) is 4.79. The van der Waals surface area contributed by atoms with Gasteiger partial charge in [0.1, 0.15) is 0 Å². The number of carbonyl (C=O) groups is 2. The van der Waals surface area contributed by atoms with Crippen molar-refractivity contribution in [2.45, 2.75) is 32.7 Å². The van der Waals surface area contributed by atoms with Crippen molar-refractivity contribution in [2.75, 3.05) is 23.3 Å². The maximum Gasteiger partial charge on any atom is 0.251 e. The number of nitrogens with one attached hydrogen (secondary N) is 2. The summed E-state index contributed by atoms with van der Waals surface area (Å²) in [7, 11) is 0. The van der Waals surface area contributed by atoms with Gasteiger partial charge in [-0.3, -0.25) is 9.59 Å². The second-order valence-corrected chi connectivity index (χ2v) is 7.89. The van der Waals surface area contributed by atoms with Crippen LogP contribution in [0.1, 0.15) is 36.2 Å². The fourth-order valence-electron chi connectivity index (χ4n) is 3.38. The lowest BCUT2D eigenvalue weighted by Crippen LogP contribution is -2.38. The Labute approximate surface area is 175 Å².